The van der Waals surface area contributed by atoms with Crippen LogP contribution in [0.2, 0.25) is 0 Å². The van der Waals surface area contributed by atoms with E-state index in [0.29, 0.717) is 12.5 Å². The Morgan fingerprint density at radius 2 is 2.13 bits per heavy atom. The van der Waals surface area contributed by atoms with Gasteiger partial charge in [-0.25, -0.2) is 4.79 Å². The molecule has 6 nitrogen and oxygen atoms in total. The number of carbonyl (C=O) groups excluding carboxylic acids is 2. The number of epoxide rings is 1. The normalized spacial score (nSPS) is 44.9. The molecule has 2 saturated heterocycles. The van der Waals surface area contributed by atoms with Crippen LogP contribution in [0.5, 0.6) is 0 Å². The zero-order chi connectivity index (χ0) is 21.1. The van der Waals surface area contributed by atoms with Crippen molar-refractivity contribution in [3.05, 3.63) is 11.6 Å². The lowest BCUT2D eigenvalue weighted by atomic mass is 9.52. The molecule has 166 valence electrons. The Labute approximate surface area is 179 Å². The summed E-state index contributed by atoms with van der Waals surface area (Å²) in [7, 11) is 4.02. The number of ether oxygens (including phenoxy) is 3. The minimum absolute atomic E-state index is 0.0194. The van der Waals surface area contributed by atoms with Crippen LogP contribution in [0.4, 0.5) is 0 Å². The van der Waals surface area contributed by atoms with Gasteiger partial charge in [0.05, 0.1) is 12.5 Å². The Hall–Kier alpha value is -1.40. The highest BCUT2D eigenvalue weighted by atomic mass is 16.6. The maximum absolute atomic E-state index is 12.8. The van der Waals surface area contributed by atoms with E-state index < -0.39 is 0 Å². The summed E-state index contributed by atoms with van der Waals surface area (Å²) < 4.78 is 18.1. The molecule has 0 radical (unpaired) electrons. The van der Waals surface area contributed by atoms with Crippen LogP contribution >= 0.6 is 0 Å². The first-order valence-corrected chi connectivity index (χ1v) is 11.7. The van der Waals surface area contributed by atoms with Gasteiger partial charge in [-0.2, -0.15) is 0 Å². The molecule has 2 heterocycles. The van der Waals surface area contributed by atoms with Crippen LogP contribution in [0.1, 0.15) is 58.3 Å². The third-order valence-corrected chi connectivity index (χ3v) is 8.54. The molecule has 2 aliphatic heterocycles. The van der Waals surface area contributed by atoms with Gasteiger partial charge in [0.1, 0.15) is 17.8 Å². The maximum atomic E-state index is 12.8. The Kier molecular flexibility index (Phi) is 5.01. The summed E-state index contributed by atoms with van der Waals surface area (Å²) in [6, 6.07) is 0. The van der Waals surface area contributed by atoms with Crippen LogP contribution in [0, 0.1) is 23.2 Å². The Morgan fingerprint density at radius 1 is 1.33 bits per heavy atom. The number of nitrogens with zero attached hydrogens (tertiary/aromatic N) is 1. The van der Waals surface area contributed by atoms with E-state index in [0.717, 1.165) is 63.5 Å². The number of allylic oxidation sites excluding steroid dienone is 1. The van der Waals surface area contributed by atoms with Gasteiger partial charge in [0.25, 0.3) is 0 Å². The van der Waals surface area contributed by atoms with E-state index in [4.69, 9.17) is 14.2 Å². The summed E-state index contributed by atoms with van der Waals surface area (Å²) in [6.45, 7) is 3.71. The molecule has 0 aromatic carbocycles. The highest BCUT2D eigenvalue weighted by Crippen LogP contribution is 2.63. The van der Waals surface area contributed by atoms with Crippen LogP contribution in [-0.2, 0) is 23.8 Å². The predicted molar refractivity (Wildman–Crippen MR) is 111 cm³/mol. The van der Waals surface area contributed by atoms with E-state index in [1.165, 1.54) is 0 Å². The molecule has 0 aromatic rings. The van der Waals surface area contributed by atoms with Gasteiger partial charge in [-0.3, -0.25) is 4.79 Å². The van der Waals surface area contributed by atoms with Crippen LogP contribution < -0.4 is 0 Å². The summed E-state index contributed by atoms with van der Waals surface area (Å²) in [5.74, 6) is 0.281. The highest BCUT2D eigenvalue weighted by Gasteiger charge is 2.69. The fourth-order valence-corrected chi connectivity index (χ4v) is 6.88. The van der Waals surface area contributed by atoms with Crippen molar-refractivity contribution in [1.29, 1.82) is 0 Å². The van der Waals surface area contributed by atoms with Crippen molar-refractivity contribution < 1.29 is 23.8 Å². The second-order valence-electron chi connectivity index (χ2n) is 10.8. The second kappa shape index (κ2) is 7.33. The molecule has 0 aromatic heterocycles. The minimum Gasteiger partial charge on any atom is -0.462 e. The minimum atomic E-state index is -0.364. The maximum Gasteiger partial charge on any atom is 0.334 e. The van der Waals surface area contributed by atoms with Crippen LogP contribution in [-0.4, -0.2) is 61.9 Å². The first-order chi connectivity index (χ1) is 14.3. The molecule has 0 unspecified atom stereocenters. The van der Waals surface area contributed by atoms with E-state index in [1.54, 1.807) is 0 Å². The second-order valence-corrected chi connectivity index (χ2v) is 10.8. The third kappa shape index (κ3) is 3.31. The number of esters is 2. The van der Waals surface area contributed by atoms with E-state index in [1.807, 2.05) is 14.1 Å². The number of hydrogen-bond acceptors (Lipinski definition) is 6. The summed E-state index contributed by atoms with van der Waals surface area (Å²) in [5, 5.41) is 0. The first kappa shape index (κ1) is 20.5. The van der Waals surface area contributed by atoms with Gasteiger partial charge in [-0.15, -0.1) is 0 Å². The Balaban J connectivity index is 1.35. The summed E-state index contributed by atoms with van der Waals surface area (Å²) >= 11 is 0. The van der Waals surface area contributed by atoms with Crippen LogP contribution in [0.15, 0.2) is 11.6 Å². The molecule has 0 amide bonds. The topological polar surface area (TPSA) is 68.4 Å². The van der Waals surface area contributed by atoms with Gasteiger partial charge in [-0.05, 0) is 76.8 Å². The lowest BCUT2D eigenvalue weighted by molar-refractivity contribution is -0.166. The molecule has 1 spiro atoms. The van der Waals surface area contributed by atoms with Gasteiger partial charge in [-0.1, -0.05) is 13.0 Å². The third-order valence-electron chi connectivity index (χ3n) is 8.54. The smallest absolute Gasteiger partial charge is 0.334 e. The molecule has 30 heavy (non-hydrogen) atoms. The van der Waals surface area contributed by atoms with Crippen molar-refractivity contribution in [1.82, 2.24) is 4.90 Å². The van der Waals surface area contributed by atoms with Crippen molar-refractivity contribution in [2.24, 2.45) is 23.2 Å². The van der Waals surface area contributed by atoms with E-state index in [-0.39, 0.29) is 47.0 Å². The Bertz CT molecular complexity index is 757. The van der Waals surface area contributed by atoms with Crippen molar-refractivity contribution in [2.45, 2.75) is 76.1 Å². The van der Waals surface area contributed by atoms with Crippen molar-refractivity contribution in [3.8, 4) is 0 Å². The Morgan fingerprint density at radius 3 is 2.80 bits per heavy atom. The SMILES string of the molecule is CN(C)C[C@@H]1C(=O)O[C@@H]2C[C@@]3(C)CC[C@@H](OC(=O)C4=CCCCC4)[C@]4(CO4)[C@@H]3C[C@H]12. The molecule has 6 heteroatoms. The monoisotopic (exact) mass is 417 g/mol. The molecule has 5 aliphatic rings. The number of fused-ring (bicyclic) bond motifs is 3. The number of hydrogen-bond donors (Lipinski definition) is 0. The summed E-state index contributed by atoms with van der Waals surface area (Å²) in [5.41, 5.74) is 0.546. The fourth-order valence-electron chi connectivity index (χ4n) is 6.88. The van der Waals surface area contributed by atoms with E-state index in [2.05, 4.69) is 17.9 Å². The molecule has 0 N–H and O–H groups in total. The average Bonchev–Trinajstić information content (AvgIpc) is 3.44. The molecule has 2 saturated carbocycles. The molecule has 7 atom stereocenters. The lowest BCUT2D eigenvalue weighted by Gasteiger charge is -2.53. The van der Waals surface area contributed by atoms with Crippen molar-refractivity contribution in [3.63, 3.8) is 0 Å². The van der Waals surface area contributed by atoms with Crippen LogP contribution in [0.25, 0.3) is 0 Å². The molecule has 5 rings (SSSR count). The zero-order valence-corrected chi connectivity index (χ0v) is 18.5. The molecule has 3 aliphatic carbocycles. The van der Waals surface area contributed by atoms with Crippen LogP contribution in [0.3, 0.4) is 0 Å². The van der Waals surface area contributed by atoms with Crippen molar-refractivity contribution >= 4 is 11.9 Å². The van der Waals surface area contributed by atoms with Gasteiger partial charge < -0.3 is 19.1 Å². The van der Waals surface area contributed by atoms with Gasteiger partial charge >= 0.3 is 11.9 Å². The molecular weight excluding hydrogens is 382 g/mol. The van der Waals surface area contributed by atoms with E-state index in [9.17, 15) is 9.59 Å². The van der Waals surface area contributed by atoms with E-state index >= 15 is 0 Å². The van der Waals surface area contributed by atoms with Gasteiger partial charge in [0.15, 0.2) is 0 Å². The lowest BCUT2D eigenvalue weighted by Crippen LogP contribution is -2.57. The first-order valence-electron chi connectivity index (χ1n) is 11.7. The van der Waals surface area contributed by atoms with Gasteiger partial charge in [0, 0.05) is 18.0 Å². The predicted octanol–water partition coefficient (Wildman–Crippen LogP) is 3.10. The van der Waals surface area contributed by atoms with Gasteiger partial charge in [0.2, 0.25) is 0 Å². The number of rotatable bonds is 4. The summed E-state index contributed by atoms with van der Waals surface area (Å²) in [6.07, 6.45) is 9.56. The molecular formula is C24H35NO5. The zero-order valence-electron chi connectivity index (χ0n) is 18.5. The fraction of sp³-hybridized carbons (Fsp3) is 0.833. The number of carbonyl (C=O) groups is 2. The highest BCUT2D eigenvalue weighted by molar-refractivity contribution is 5.88. The molecule has 4 fully saturated rings. The average molecular weight is 418 g/mol. The summed E-state index contributed by atoms with van der Waals surface area (Å²) in [4.78, 5) is 27.5. The molecule has 0 bridgehead atoms. The largest absolute Gasteiger partial charge is 0.462 e. The van der Waals surface area contributed by atoms with Crippen molar-refractivity contribution in [2.75, 3.05) is 27.2 Å². The standard InChI is InChI=1S/C24H35NO5/c1-23-10-9-20(30-21(26)15-7-5-4-6-8-15)24(14-28-24)19(23)11-16-17(13-25(2)3)22(27)29-18(16)12-23/h7,16-20H,4-6,8-14H2,1-3H3/t16-,17+,18-,19-,20-,23-,24+/m1/s1. The quantitative estimate of drug-likeness (QED) is 0.517.